The van der Waals surface area contributed by atoms with Gasteiger partial charge < -0.3 is 0 Å². The molecule has 8 nitrogen and oxygen atoms in total. The molecule has 3 aromatic carbocycles. The third kappa shape index (κ3) is 4.58. The topological polar surface area (TPSA) is 112 Å². The maximum atomic E-state index is 11.0. The van der Waals surface area contributed by atoms with Crippen LogP contribution in [0.15, 0.2) is 60.7 Å². The molecule has 166 valence electrons. The van der Waals surface area contributed by atoms with Gasteiger partial charge in [0.15, 0.2) is 0 Å². The van der Waals surface area contributed by atoms with Gasteiger partial charge in [-0.15, -0.1) is 22.7 Å². The highest BCUT2D eigenvalue weighted by atomic mass is 32.1. The Hall–Kier alpha value is -4.28. The monoisotopic (exact) mass is 486 g/mol. The fourth-order valence-electron chi connectivity index (χ4n) is 3.33. The molecule has 2 heterocycles. The third-order valence-electron chi connectivity index (χ3n) is 4.95. The first-order valence-electron chi connectivity index (χ1n) is 10.0. The van der Waals surface area contributed by atoms with E-state index in [1.54, 1.807) is 12.1 Å². The van der Waals surface area contributed by atoms with E-state index < -0.39 is 9.85 Å². The van der Waals surface area contributed by atoms with Gasteiger partial charge in [-0.25, -0.2) is 9.97 Å². The Labute approximate surface area is 200 Å². The number of non-ortho nitro benzene ring substituents is 2. The Morgan fingerprint density at radius 3 is 1.56 bits per heavy atom. The van der Waals surface area contributed by atoms with Gasteiger partial charge in [0.25, 0.3) is 11.4 Å². The fraction of sp³-hybridized carbons (Fsp3) is 0. The van der Waals surface area contributed by atoms with Gasteiger partial charge in [-0.05, 0) is 41.5 Å². The molecule has 2 aromatic heterocycles. The Kier molecular flexibility index (Phi) is 5.66. The quantitative estimate of drug-likeness (QED) is 0.187. The van der Waals surface area contributed by atoms with Crippen LogP contribution in [0.3, 0.4) is 0 Å². The highest BCUT2D eigenvalue weighted by Crippen LogP contribution is 2.29. The number of rotatable bonds is 6. The third-order valence-corrected chi connectivity index (χ3v) is 6.91. The first kappa shape index (κ1) is 21.6. The summed E-state index contributed by atoms with van der Waals surface area (Å²) in [4.78, 5) is 30.1. The van der Waals surface area contributed by atoms with E-state index in [1.807, 2.05) is 48.6 Å². The van der Waals surface area contributed by atoms with Gasteiger partial charge in [-0.1, -0.05) is 30.4 Å². The summed E-state index contributed by atoms with van der Waals surface area (Å²) >= 11 is 2.80. The van der Waals surface area contributed by atoms with E-state index in [4.69, 9.17) is 0 Å². The smallest absolute Gasteiger partial charge is 0.258 e. The first-order valence-corrected chi connectivity index (χ1v) is 11.6. The van der Waals surface area contributed by atoms with E-state index in [9.17, 15) is 20.2 Å². The largest absolute Gasteiger partial charge is 0.270 e. The SMILES string of the molecule is O=[N+]([O-])c1ccc2nc(C=Cc3cccc(C=Cc4nc5ccc([N+](=O)[O-])cc5s4)c3)sc2c1. The van der Waals surface area contributed by atoms with Crippen molar-refractivity contribution < 1.29 is 9.85 Å². The molecule has 0 N–H and O–H groups in total. The molecule has 0 amide bonds. The lowest BCUT2D eigenvalue weighted by Gasteiger charge is -1.96. The van der Waals surface area contributed by atoms with Crippen molar-refractivity contribution in [3.8, 4) is 0 Å². The minimum atomic E-state index is -0.411. The summed E-state index contributed by atoms with van der Waals surface area (Å²) in [6.45, 7) is 0. The molecule has 10 heteroatoms. The highest BCUT2D eigenvalue weighted by molar-refractivity contribution is 7.19. The summed E-state index contributed by atoms with van der Waals surface area (Å²) in [7, 11) is 0. The van der Waals surface area contributed by atoms with Gasteiger partial charge in [0, 0.05) is 24.3 Å². The summed E-state index contributed by atoms with van der Waals surface area (Å²) in [6.07, 6.45) is 7.67. The van der Waals surface area contributed by atoms with Crippen molar-refractivity contribution in [3.63, 3.8) is 0 Å². The first-order chi connectivity index (χ1) is 16.4. The minimum Gasteiger partial charge on any atom is -0.258 e. The van der Waals surface area contributed by atoms with Crippen molar-refractivity contribution in [2.45, 2.75) is 0 Å². The lowest BCUT2D eigenvalue weighted by molar-refractivity contribution is -0.384. The van der Waals surface area contributed by atoms with Crippen LogP contribution in [-0.4, -0.2) is 19.8 Å². The molecule has 0 aliphatic rings. The molecule has 0 aliphatic heterocycles. The van der Waals surface area contributed by atoms with Gasteiger partial charge in [0.2, 0.25) is 0 Å². The maximum Gasteiger partial charge on any atom is 0.270 e. The molecular formula is C24H14N4O4S2. The number of fused-ring (bicyclic) bond motifs is 2. The molecular weight excluding hydrogens is 472 g/mol. The van der Waals surface area contributed by atoms with Crippen LogP contribution in [0.25, 0.3) is 44.7 Å². The van der Waals surface area contributed by atoms with E-state index in [2.05, 4.69) is 9.97 Å². The molecule has 34 heavy (non-hydrogen) atoms. The molecule has 0 radical (unpaired) electrons. The highest BCUT2D eigenvalue weighted by Gasteiger charge is 2.10. The Morgan fingerprint density at radius 1 is 0.647 bits per heavy atom. The molecule has 0 bridgehead atoms. The average molecular weight is 487 g/mol. The number of nitro groups is 2. The van der Waals surface area contributed by atoms with Crippen LogP contribution in [0.4, 0.5) is 11.4 Å². The van der Waals surface area contributed by atoms with Crippen molar-refractivity contribution in [1.29, 1.82) is 0 Å². The second-order valence-corrected chi connectivity index (χ2v) is 9.38. The standard InChI is InChI=1S/C24H14N4O4S2/c29-27(30)17-6-8-19-21(13-17)33-23(25-19)10-4-15-2-1-3-16(12-15)5-11-24-26-20-9-7-18(28(31)32)14-22(20)34-24/h1-14H. The summed E-state index contributed by atoms with van der Waals surface area (Å²) in [5.41, 5.74) is 3.52. The molecule has 0 fully saturated rings. The number of hydrogen-bond donors (Lipinski definition) is 0. The van der Waals surface area contributed by atoms with Crippen LogP contribution in [0.2, 0.25) is 0 Å². The second kappa shape index (κ2) is 8.93. The van der Waals surface area contributed by atoms with Gasteiger partial charge in [0.1, 0.15) is 10.0 Å². The second-order valence-electron chi connectivity index (χ2n) is 7.26. The van der Waals surface area contributed by atoms with E-state index >= 15 is 0 Å². The summed E-state index contributed by atoms with van der Waals surface area (Å²) in [6, 6.07) is 17.2. The van der Waals surface area contributed by atoms with Gasteiger partial charge in [-0.2, -0.15) is 0 Å². The van der Waals surface area contributed by atoms with Crippen molar-refractivity contribution in [1.82, 2.24) is 9.97 Å². The Balaban J connectivity index is 1.34. The predicted molar refractivity (Wildman–Crippen MR) is 137 cm³/mol. The zero-order valence-electron chi connectivity index (χ0n) is 17.3. The number of hydrogen-bond acceptors (Lipinski definition) is 8. The van der Waals surface area contributed by atoms with E-state index in [0.717, 1.165) is 41.6 Å². The molecule has 0 atom stereocenters. The Morgan fingerprint density at radius 2 is 1.12 bits per heavy atom. The van der Waals surface area contributed by atoms with Gasteiger partial charge >= 0.3 is 0 Å². The Bertz CT molecular complexity index is 1520. The number of nitrogens with zero attached hydrogens (tertiary/aromatic N) is 4. The lowest BCUT2D eigenvalue weighted by Crippen LogP contribution is -1.85. The van der Waals surface area contributed by atoms with Gasteiger partial charge in [0.05, 0.1) is 30.3 Å². The van der Waals surface area contributed by atoms with Crippen molar-refractivity contribution >= 4 is 78.8 Å². The molecule has 5 aromatic rings. The number of nitro benzene ring substituents is 2. The molecule has 0 saturated carbocycles. The lowest BCUT2D eigenvalue weighted by atomic mass is 10.1. The normalized spacial score (nSPS) is 11.8. The fourth-order valence-corrected chi connectivity index (χ4v) is 5.14. The van der Waals surface area contributed by atoms with Crippen LogP contribution < -0.4 is 0 Å². The summed E-state index contributed by atoms with van der Waals surface area (Å²) in [5, 5.41) is 23.5. The van der Waals surface area contributed by atoms with Crippen LogP contribution in [0.5, 0.6) is 0 Å². The molecule has 0 saturated heterocycles. The maximum absolute atomic E-state index is 11.0. The van der Waals surface area contributed by atoms with Crippen LogP contribution in [-0.2, 0) is 0 Å². The predicted octanol–water partition coefficient (Wildman–Crippen LogP) is 7.06. The van der Waals surface area contributed by atoms with Crippen molar-refractivity contribution in [3.05, 3.63) is 102 Å². The van der Waals surface area contributed by atoms with Crippen molar-refractivity contribution in [2.75, 3.05) is 0 Å². The van der Waals surface area contributed by atoms with Crippen LogP contribution in [0, 0.1) is 20.2 Å². The van der Waals surface area contributed by atoms with E-state index in [0.29, 0.717) is 0 Å². The molecule has 0 aliphatic carbocycles. The molecule has 0 spiro atoms. The molecule has 0 unspecified atom stereocenters. The van der Waals surface area contributed by atoms with E-state index in [-0.39, 0.29) is 11.4 Å². The zero-order valence-corrected chi connectivity index (χ0v) is 19.0. The van der Waals surface area contributed by atoms with Gasteiger partial charge in [-0.3, -0.25) is 20.2 Å². The summed E-state index contributed by atoms with van der Waals surface area (Å²) < 4.78 is 1.54. The molecule has 5 rings (SSSR count). The number of aromatic nitrogens is 2. The summed E-state index contributed by atoms with van der Waals surface area (Å²) in [5.74, 6) is 0. The average Bonchev–Trinajstić information content (AvgIpc) is 3.43. The van der Waals surface area contributed by atoms with E-state index in [1.165, 1.54) is 46.9 Å². The van der Waals surface area contributed by atoms with Crippen LogP contribution in [0.1, 0.15) is 21.1 Å². The number of thiazole rings is 2. The van der Waals surface area contributed by atoms with Crippen LogP contribution >= 0.6 is 22.7 Å². The van der Waals surface area contributed by atoms with Crippen molar-refractivity contribution in [2.24, 2.45) is 0 Å². The zero-order chi connectivity index (χ0) is 23.7. The minimum absolute atomic E-state index is 0.0533. The number of benzene rings is 3.